The average molecular weight is 310 g/mol. The van der Waals surface area contributed by atoms with E-state index in [0.29, 0.717) is 17.7 Å². The predicted octanol–water partition coefficient (Wildman–Crippen LogP) is 1.96. The monoisotopic (exact) mass is 310 g/mol. The molecule has 1 rings (SSSR count). The lowest BCUT2D eigenvalue weighted by atomic mass is 9.93. The molecule has 6 heteroatoms. The van der Waals surface area contributed by atoms with E-state index in [1.807, 2.05) is 30.3 Å². The lowest BCUT2D eigenvalue weighted by Crippen LogP contribution is -2.22. The maximum absolute atomic E-state index is 11.2. The van der Waals surface area contributed by atoms with Gasteiger partial charge in [0.15, 0.2) is 0 Å². The third-order valence-electron chi connectivity index (χ3n) is 3.14. The standard InChI is InChI=1S/C15H18O5S/c16-14(17)9-12(10-15(18)19)13(21-20)8-4-7-11-5-2-1-3-6-11/h1-3,5-6,12H,4,7-10H2,(H,16,17)(H,18,19). The molecule has 5 nitrogen and oxygen atoms in total. The molecule has 21 heavy (non-hydrogen) atoms. The van der Waals surface area contributed by atoms with Crippen molar-refractivity contribution in [3.05, 3.63) is 35.9 Å². The van der Waals surface area contributed by atoms with Crippen molar-refractivity contribution in [3.63, 3.8) is 0 Å². The van der Waals surface area contributed by atoms with E-state index in [9.17, 15) is 13.8 Å². The van der Waals surface area contributed by atoms with Gasteiger partial charge >= 0.3 is 11.9 Å². The molecule has 0 amide bonds. The minimum Gasteiger partial charge on any atom is -0.481 e. The van der Waals surface area contributed by atoms with Gasteiger partial charge in [-0.3, -0.25) is 9.59 Å². The van der Waals surface area contributed by atoms with Crippen LogP contribution in [-0.2, 0) is 27.3 Å². The van der Waals surface area contributed by atoms with Crippen molar-refractivity contribution in [3.8, 4) is 0 Å². The van der Waals surface area contributed by atoms with Gasteiger partial charge in [0.2, 0.25) is 0 Å². The van der Waals surface area contributed by atoms with Gasteiger partial charge in [-0.1, -0.05) is 30.3 Å². The molecule has 114 valence electrons. The molecule has 0 aliphatic heterocycles. The van der Waals surface area contributed by atoms with E-state index in [1.54, 1.807) is 0 Å². The highest BCUT2D eigenvalue weighted by atomic mass is 32.1. The third kappa shape index (κ3) is 6.85. The molecule has 0 heterocycles. The van der Waals surface area contributed by atoms with Crippen LogP contribution in [0, 0.1) is 5.92 Å². The first-order valence-electron chi connectivity index (χ1n) is 6.66. The molecule has 0 saturated carbocycles. The molecule has 0 atom stereocenters. The molecule has 0 aromatic heterocycles. The highest BCUT2D eigenvalue weighted by Crippen LogP contribution is 2.15. The van der Waals surface area contributed by atoms with Crippen LogP contribution in [0.15, 0.2) is 30.3 Å². The van der Waals surface area contributed by atoms with Crippen LogP contribution < -0.4 is 0 Å². The van der Waals surface area contributed by atoms with Gasteiger partial charge in [-0.05, 0) is 24.8 Å². The van der Waals surface area contributed by atoms with Gasteiger partial charge in [-0.25, -0.2) is 4.21 Å². The molecule has 0 unspecified atom stereocenters. The highest BCUT2D eigenvalue weighted by molar-refractivity contribution is 7.66. The minimum absolute atomic E-state index is 0.237. The Kier molecular flexibility index (Phi) is 7.39. The molecule has 0 aliphatic rings. The van der Waals surface area contributed by atoms with Crippen LogP contribution in [0.25, 0.3) is 0 Å². The Balaban J connectivity index is 2.60. The maximum atomic E-state index is 11.2. The molecule has 0 aliphatic carbocycles. The zero-order chi connectivity index (χ0) is 15.7. The van der Waals surface area contributed by atoms with Crippen LogP contribution in [0.1, 0.15) is 31.2 Å². The lowest BCUT2D eigenvalue weighted by molar-refractivity contribution is -0.139. The van der Waals surface area contributed by atoms with Gasteiger partial charge in [0.1, 0.15) is 0 Å². The normalized spacial score (nSPS) is 10.3. The molecular formula is C15H18O5S. The molecule has 0 bridgehead atoms. The number of carboxylic acids is 2. The van der Waals surface area contributed by atoms with Gasteiger partial charge in [0, 0.05) is 10.8 Å². The molecule has 0 spiro atoms. The largest absolute Gasteiger partial charge is 0.481 e. The van der Waals surface area contributed by atoms with Crippen molar-refractivity contribution < 1.29 is 24.0 Å². The molecule has 0 radical (unpaired) electrons. The number of hydrogen-bond acceptors (Lipinski definition) is 3. The molecule has 1 aromatic rings. The number of aliphatic carboxylic acids is 2. The fourth-order valence-corrected chi connectivity index (χ4v) is 2.68. The van der Waals surface area contributed by atoms with Crippen LogP contribution in [0.3, 0.4) is 0 Å². The summed E-state index contributed by atoms with van der Waals surface area (Å²) in [5.74, 6) is -2.88. The van der Waals surface area contributed by atoms with Gasteiger partial charge in [0.25, 0.3) is 0 Å². The number of carbonyl (C=O) groups is 2. The summed E-state index contributed by atoms with van der Waals surface area (Å²) in [4.78, 5) is 22.0. The first-order valence-corrected chi connectivity index (χ1v) is 7.40. The van der Waals surface area contributed by atoms with E-state index in [1.165, 1.54) is 0 Å². The fourth-order valence-electron chi connectivity index (χ4n) is 2.15. The van der Waals surface area contributed by atoms with Crippen molar-refractivity contribution in [2.75, 3.05) is 0 Å². The van der Waals surface area contributed by atoms with E-state index in [0.717, 1.165) is 12.0 Å². The first-order chi connectivity index (χ1) is 10.0. The van der Waals surface area contributed by atoms with Crippen LogP contribution >= 0.6 is 0 Å². The summed E-state index contributed by atoms with van der Waals surface area (Å²) in [5, 5.41) is 17.7. The Bertz CT molecular complexity index is 518. The summed E-state index contributed by atoms with van der Waals surface area (Å²) in [6.07, 6.45) is 1.28. The van der Waals surface area contributed by atoms with E-state index < -0.39 is 17.9 Å². The summed E-state index contributed by atoms with van der Waals surface area (Å²) in [6, 6.07) is 9.75. The molecule has 1 aromatic carbocycles. The number of rotatable bonds is 9. The van der Waals surface area contributed by atoms with Gasteiger partial charge in [-0.15, -0.1) is 0 Å². The van der Waals surface area contributed by atoms with E-state index >= 15 is 0 Å². The van der Waals surface area contributed by atoms with Gasteiger partial charge in [0.05, 0.1) is 24.1 Å². The number of aryl methyl sites for hydroxylation is 1. The second kappa shape index (κ2) is 9.07. The van der Waals surface area contributed by atoms with E-state index in [4.69, 9.17) is 10.2 Å². The Morgan fingerprint density at radius 2 is 1.62 bits per heavy atom. The third-order valence-corrected chi connectivity index (χ3v) is 3.89. The predicted molar refractivity (Wildman–Crippen MR) is 80.5 cm³/mol. The fraction of sp³-hybridized carbons (Fsp3) is 0.400. The number of hydrogen-bond donors (Lipinski definition) is 2. The SMILES string of the molecule is O=S=C(CCCc1ccccc1)C(CC(=O)O)CC(=O)O. The van der Waals surface area contributed by atoms with Gasteiger partial charge in [-0.2, -0.15) is 0 Å². The van der Waals surface area contributed by atoms with Crippen molar-refractivity contribution >= 4 is 28.1 Å². The van der Waals surface area contributed by atoms with Crippen LogP contribution in [0.2, 0.25) is 0 Å². The summed E-state index contributed by atoms with van der Waals surface area (Å²) in [5.41, 5.74) is 1.14. The lowest BCUT2D eigenvalue weighted by Gasteiger charge is -2.13. The second-order valence-electron chi connectivity index (χ2n) is 4.78. The summed E-state index contributed by atoms with van der Waals surface area (Å²) in [6.45, 7) is 0. The smallest absolute Gasteiger partial charge is 0.303 e. The Morgan fingerprint density at radius 3 is 2.10 bits per heavy atom. The first kappa shape index (κ1) is 17.1. The molecular weight excluding hydrogens is 292 g/mol. The van der Waals surface area contributed by atoms with Crippen molar-refractivity contribution in [1.29, 1.82) is 0 Å². The minimum atomic E-state index is -1.09. The van der Waals surface area contributed by atoms with Crippen LogP contribution in [0.4, 0.5) is 0 Å². The topological polar surface area (TPSA) is 91.7 Å². The molecule has 2 N–H and O–H groups in total. The average Bonchev–Trinajstić information content (AvgIpc) is 2.43. The van der Waals surface area contributed by atoms with E-state index in [-0.39, 0.29) is 24.1 Å². The number of carboxylic acid groups (broad SMARTS) is 2. The van der Waals surface area contributed by atoms with Gasteiger partial charge < -0.3 is 10.2 Å². The summed E-state index contributed by atoms with van der Waals surface area (Å²) < 4.78 is 11.2. The quantitative estimate of drug-likeness (QED) is 0.680. The Labute approximate surface area is 126 Å². The molecule has 0 fully saturated rings. The van der Waals surface area contributed by atoms with Crippen molar-refractivity contribution in [2.24, 2.45) is 5.92 Å². The van der Waals surface area contributed by atoms with E-state index in [2.05, 4.69) is 0 Å². The zero-order valence-corrected chi connectivity index (χ0v) is 12.3. The summed E-state index contributed by atoms with van der Waals surface area (Å²) in [7, 11) is 0. The van der Waals surface area contributed by atoms with Crippen molar-refractivity contribution in [1.82, 2.24) is 0 Å². The Morgan fingerprint density at radius 1 is 1.05 bits per heavy atom. The van der Waals surface area contributed by atoms with Crippen LogP contribution in [-0.4, -0.2) is 31.2 Å². The Hall–Kier alpha value is -1.95. The zero-order valence-electron chi connectivity index (χ0n) is 11.5. The maximum Gasteiger partial charge on any atom is 0.303 e. The van der Waals surface area contributed by atoms with Crippen molar-refractivity contribution in [2.45, 2.75) is 32.1 Å². The number of benzene rings is 1. The molecule has 0 saturated heterocycles. The highest BCUT2D eigenvalue weighted by Gasteiger charge is 2.22. The second-order valence-corrected chi connectivity index (χ2v) is 5.47. The van der Waals surface area contributed by atoms with Crippen LogP contribution in [0.5, 0.6) is 0 Å². The summed E-state index contributed by atoms with van der Waals surface area (Å²) >= 11 is 0.237.